The van der Waals surface area contributed by atoms with Gasteiger partial charge in [0.25, 0.3) is 0 Å². The number of hydrogen-bond donors (Lipinski definition) is 1. The highest BCUT2D eigenvalue weighted by Crippen LogP contribution is 2.29. The molecule has 106 valence electrons. The number of rotatable bonds is 1. The molecule has 0 amide bonds. The molecule has 0 saturated carbocycles. The number of nitrogens with zero attached hydrogens (tertiary/aromatic N) is 3. The molecule has 0 bridgehead atoms. The highest BCUT2D eigenvalue weighted by atomic mass is 16.3. The lowest BCUT2D eigenvalue weighted by Gasteiger charge is -2.36. The van der Waals surface area contributed by atoms with E-state index in [1.165, 1.54) is 18.4 Å². The number of hydrogen-bond acceptors (Lipinski definition) is 4. The summed E-state index contributed by atoms with van der Waals surface area (Å²) in [4.78, 5) is 6.84. The molecule has 0 aromatic carbocycles. The van der Waals surface area contributed by atoms with Gasteiger partial charge in [0.2, 0.25) is 0 Å². The third-order valence-corrected chi connectivity index (χ3v) is 4.62. The zero-order valence-corrected chi connectivity index (χ0v) is 12.0. The SMILES string of the molecule is CC1CCN(c2nc3c(cc2C#N)CCCC3)CC1O. The van der Waals surface area contributed by atoms with Crippen molar-refractivity contribution in [2.24, 2.45) is 5.92 Å². The van der Waals surface area contributed by atoms with Gasteiger partial charge in [-0.15, -0.1) is 0 Å². The molecule has 1 aromatic heterocycles. The highest BCUT2D eigenvalue weighted by Gasteiger charge is 2.27. The second kappa shape index (κ2) is 5.41. The molecule has 1 aliphatic heterocycles. The van der Waals surface area contributed by atoms with Crippen LogP contribution < -0.4 is 4.90 Å². The van der Waals surface area contributed by atoms with Crippen molar-refractivity contribution in [3.8, 4) is 6.07 Å². The van der Waals surface area contributed by atoms with Crippen LogP contribution in [-0.4, -0.2) is 29.3 Å². The summed E-state index contributed by atoms with van der Waals surface area (Å²) in [5, 5.41) is 19.4. The molecule has 1 N–H and O–H groups in total. The van der Waals surface area contributed by atoms with Gasteiger partial charge in [-0.3, -0.25) is 0 Å². The van der Waals surface area contributed by atoms with E-state index in [0.29, 0.717) is 18.0 Å². The van der Waals surface area contributed by atoms with Gasteiger partial charge < -0.3 is 10.0 Å². The van der Waals surface area contributed by atoms with E-state index in [4.69, 9.17) is 4.98 Å². The molecule has 20 heavy (non-hydrogen) atoms. The van der Waals surface area contributed by atoms with Gasteiger partial charge in [0.15, 0.2) is 0 Å². The van der Waals surface area contributed by atoms with Crippen molar-refractivity contribution in [2.75, 3.05) is 18.0 Å². The maximum absolute atomic E-state index is 10.1. The fraction of sp³-hybridized carbons (Fsp3) is 0.625. The van der Waals surface area contributed by atoms with E-state index in [0.717, 1.165) is 37.3 Å². The second-order valence-corrected chi connectivity index (χ2v) is 6.06. The predicted molar refractivity (Wildman–Crippen MR) is 77.6 cm³/mol. The van der Waals surface area contributed by atoms with Gasteiger partial charge >= 0.3 is 0 Å². The molecule has 2 atom stereocenters. The van der Waals surface area contributed by atoms with Crippen LogP contribution in [-0.2, 0) is 12.8 Å². The maximum atomic E-state index is 10.1. The summed E-state index contributed by atoms with van der Waals surface area (Å²) in [5.74, 6) is 1.11. The summed E-state index contributed by atoms with van der Waals surface area (Å²) in [6, 6.07) is 4.30. The minimum atomic E-state index is -0.326. The maximum Gasteiger partial charge on any atom is 0.146 e. The van der Waals surface area contributed by atoms with Crippen molar-refractivity contribution < 1.29 is 5.11 Å². The van der Waals surface area contributed by atoms with Crippen molar-refractivity contribution in [1.82, 2.24) is 4.98 Å². The van der Waals surface area contributed by atoms with Crippen LogP contribution >= 0.6 is 0 Å². The lowest BCUT2D eigenvalue weighted by atomic mass is 9.93. The average Bonchev–Trinajstić information content (AvgIpc) is 2.48. The molecule has 4 heteroatoms. The summed E-state index contributed by atoms with van der Waals surface area (Å²) < 4.78 is 0. The van der Waals surface area contributed by atoms with Crippen molar-refractivity contribution in [3.05, 3.63) is 22.9 Å². The Morgan fingerprint density at radius 2 is 2.20 bits per heavy atom. The second-order valence-electron chi connectivity index (χ2n) is 6.06. The summed E-state index contributed by atoms with van der Waals surface area (Å²) in [5.41, 5.74) is 3.05. The summed E-state index contributed by atoms with van der Waals surface area (Å²) in [7, 11) is 0. The third kappa shape index (κ3) is 2.38. The third-order valence-electron chi connectivity index (χ3n) is 4.62. The number of fused-ring (bicyclic) bond motifs is 1. The van der Waals surface area contributed by atoms with Crippen LogP contribution in [0.3, 0.4) is 0 Å². The molecule has 3 rings (SSSR count). The lowest BCUT2D eigenvalue weighted by Crippen LogP contribution is -2.43. The van der Waals surface area contributed by atoms with E-state index in [1.807, 2.05) is 6.07 Å². The number of nitriles is 1. The van der Waals surface area contributed by atoms with E-state index in [-0.39, 0.29) is 6.10 Å². The molecule has 1 saturated heterocycles. The molecule has 2 aliphatic rings. The summed E-state index contributed by atoms with van der Waals surface area (Å²) in [6.07, 6.45) is 5.06. The Bertz CT molecular complexity index is 549. The first kappa shape index (κ1) is 13.4. The minimum Gasteiger partial charge on any atom is -0.391 e. The van der Waals surface area contributed by atoms with Gasteiger partial charge in [0.05, 0.1) is 11.7 Å². The van der Waals surface area contributed by atoms with Crippen LogP contribution in [0.15, 0.2) is 6.07 Å². The Balaban J connectivity index is 1.94. The monoisotopic (exact) mass is 271 g/mol. The first-order chi connectivity index (χ1) is 9.69. The van der Waals surface area contributed by atoms with Gasteiger partial charge in [-0.2, -0.15) is 5.26 Å². The molecule has 0 spiro atoms. The van der Waals surface area contributed by atoms with E-state index in [1.54, 1.807) is 0 Å². The summed E-state index contributed by atoms with van der Waals surface area (Å²) in [6.45, 7) is 3.54. The number of pyridine rings is 1. The molecule has 1 aromatic rings. The van der Waals surface area contributed by atoms with Crippen molar-refractivity contribution in [2.45, 2.75) is 45.1 Å². The van der Waals surface area contributed by atoms with Crippen molar-refractivity contribution >= 4 is 5.82 Å². The first-order valence-corrected chi connectivity index (χ1v) is 7.55. The van der Waals surface area contributed by atoms with E-state index >= 15 is 0 Å². The number of aliphatic hydroxyl groups is 1. The highest BCUT2D eigenvalue weighted by molar-refractivity contribution is 5.57. The number of aliphatic hydroxyl groups excluding tert-OH is 1. The Morgan fingerprint density at radius 1 is 1.40 bits per heavy atom. The molecule has 2 unspecified atom stereocenters. The predicted octanol–water partition coefficient (Wildman–Crippen LogP) is 2.04. The Kier molecular flexibility index (Phi) is 3.62. The molecular weight excluding hydrogens is 250 g/mol. The normalized spacial score (nSPS) is 25.9. The molecule has 1 fully saturated rings. The van der Waals surface area contributed by atoms with Crippen LogP contribution in [0, 0.1) is 17.2 Å². The Labute approximate surface area is 120 Å². The van der Waals surface area contributed by atoms with Gasteiger partial charge in [-0.1, -0.05) is 6.92 Å². The number of aryl methyl sites for hydroxylation is 2. The number of β-amino-alcohol motifs (C(OH)–C–C–N with tert-alkyl or cyclic N) is 1. The topological polar surface area (TPSA) is 60.2 Å². The Morgan fingerprint density at radius 3 is 2.95 bits per heavy atom. The summed E-state index contributed by atoms with van der Waals surface area (Å²) >= 11 is 0. The van der Waals surface area contributed by atoms with E-state index in [9.17, 15) is 10.4 Å². The number of anilines is 1. The zero-order chi connectivity index (χ0) is 14.1. The van der Waals surface area contributed by atoms with Crippen LogP contribution in [0.5, 0.6) is 0 Å². The fourth-order valence-electron chi connectivity index (χ4n) is 3.19. The fourth-order valence-corrected chi connectivity index (χ4v) is 3.19. The quantitative estimate of drug-likeness (QED) is 0.849. The van der Waals surface area contributed by atoms with Crippen LogP contribution in [0.4, 0.5) is 5.82 Å². The number of piperidine rings is 1. The minimum absolute atomic E-state index is 0.326. The van der Waals surface area contributed by atoms with Crippen LogP contribution in [0.25, 0.3) is 0 Å². The molecule has 0 radical (unpaired) electrons. The van der Waals surface area contributed by atoms with Crippen molar-refractivity contribution in [1.29, 1.82) is 5.26 Å². The lowest BCUT2D eigenvalue weighted by molar-refractivity contribution is 0.102. The zero-order valence-electron chi connectivity index (χ0n) is 12.0. The molecular formula is C16H21N3O. The van der Waals surface area contributed by atoms with Gasteiger partial charge in [-0.25, -0.2) is 4.98 Å². The number of aromatic nitrogens is 1. The average molecular weight is 271 g/mol. The van der Waals surface area contributed by atoms with Crippen LogP contribution in [0.1, 0.15) is 43.0 Å². The van der Waals surface area contributed by atoms with E-state index < -0.39 is 0 Å². The van der Waals surface area contributed by atoms with E-state index in [2.05, 4.69) is 17.9 Å². The van der Waals surface area contributed by atoms with Crippen molar-refractivity contribution in [3.63, 3.8) is 0 Å². The first-order valence-electron chi connectivity index (χ1n) is 7.55. The van der Waals surface area contributed by atoms with Gasteiger partial charge in [0.1, 0.15) is 11.9 Å². The largest absolute Gasteiger partial charge is 0.391 e. The Hall–Kier alpha value is -1.60. The molecule has 1 aliphatic carbocycles. The standard InChI is InChI=1S/C16H21N3O/c1-11-6-7-19(10-15(11)20)16-13(9-17)8-12-4-2-3-5-14(12)18-16/h8,11,15,20H,2-7,10H2,1H3. The van der Waals surface area contributed by atoms with Crippen LogP contribution in [0.2, 0.25) is 0 Å². The van der Waals surface area contributed by atoms with Gasteiger partial charge in [-0.05, 0) is 49.7 Å². The molecule has 4 nitrogen and oxygen atoms in total. The molecule has 2 heterocycles. The smallest absolute Gasteiger partial charge is 0.146 e. The van der Waals surface area contributed by atoms with Gasteiger partial charge in [0, 0.05) is 18.8 Å².